The van der Waals surface area contributed by atoms with Crippen molar-refractivity contribution in [2.45, 2.75) is 38.8 Å². The number of aryl methyl sites for hydroxylation is 1. The molecule has 0 amide bonds. The minimum absolute atomic E-state index is 0.317. The molecule has 1 aliphatic carbocycles. The van der Waals surface area contributed by atoms with E-state index in [1.807, 2.05) is 19.9 Å². The average molecular weight is 277 g/mol. The van der Waals surface area contributed by atoms with Crippen molar-refractivity contribution in [3.63, 3.8) is 0 Å². The Morgan fingerprint density at radius 3 is 3.00 bits per heavy atom. The maximum absolute atomic E-state index is 5.94. The number of morpholine rings is 1. The number of ether oxygens (including phenoxy) is 2. The van der Waals surface area contributed by atoms with E-state index < -0.39 is 0 Å². The van der Waals surface area contributed by atoms with Crippen LogP contribution in [0.2, 0.25) is 0 Å². The van der Waals surface area contributed by atoms with Crippen molar-refractivity contribution in [2.24, 2.45) is 5.92 Å². The Hall–Kier alpha value is -1.20. The summed E-state index contributed by atoms with van der Waals surface area (Å²) in [5.41, 5.74) is 0.958. The van der Waals surface area contributed by atoms with Crippen molar-refractivity contribution in [1.29, 1.82) is 0 Å². The predicted molar refractivity (Wildman–Crippen MR) is 76.9 cm³/mol. The smallest absolute Gasteiger partial charge is 0.151 e. The summed E-state index contributed by atoms with van der Waals surface area (Å²) >= 11 is 0. The Morgan fingerprint density at radius 2 is 2.25 bits per heavy atom. The monoisotopic (exact) mass is 277 g/mol. The zero-order chi connectivity index (χ0) is 13.9. The van der Waals surface area contributed by atoms with Crippen LogP contribution < -0.4 is 4.90 Å². The van der Waals surface area contributed by atoms with E-state index in [1.54, 1.807) is 0 Å². The number of fused-ring (bicyclic) bond motifs is 1. The summed E-state index contributed by atoms with van der Waals surface area (Å²) in [6.07, 6.45) is 2.54. The van der Waals surface area contributed by atoms with Gasteiger partial charge in [-0.2, -0.15) is 5.10 Å². The van der Waals surface area contributed by atoms with Crippen molar-refractivity contribution in [3.8, 4) is 0 Å². The highest BCUT2D eigenvalue weighted by molar-refractivity contribution is 5.40. The second kappa shape index (κ2) is 6.06. The van der Waals surface area contributed by atoms with Gasteiger partial charge in [0, 0.05) is 19.8 Å². The normalized spacial score (nSPS) is 29.5. The molecule has 3 rings (SSSR count). The van der Waals surface area contributed by atoms with E-state index in [9.17, 15) is 0 Å². The summed E-state index contributed by atoms with van der Waals surface area (Å²) in [6.45, 7) is 7.33. The number of anilines is 1. The molecular formula is C15H23N3O2. The molecule has 2 heterocycles. The summed E-state index contributed by atoms with van der Waals surface area (Å²) in [4.78, 5) is 2.37. The second-order valence-electron chi connectivity index (χ2n) is 5.70. The molecule has 0 unspecified atom stereocenters. The van der Waals surface area contributed by atoms with Crippen molar-refractivity contribution in [2.75, 3.05) is 31.3 Å². The Bertz CT molecular complexity index is 437. The van der Waals surface area contributed by atoms with Gasteiger partial charge in [0.25, 0.3) is 0 Å². The average Bonchev–Trinajstić information content (AvgIpc) is 2.89. The lowest BCUT2D eigenvalue weighted by molar-refractivity contribution is 0.0211. The summed E-state index contributed by atoms with van der Waals surface area (Å²) < 4.78 is 11.5. The highest BCUT2D eigenvalue weighted by Gasteiger charge is 2.41. The zero-order valence-corrected chi connectivity index (χ0v) is 12.3. The lowest BCUT2D eigenvalue weighted by Gasteiger charge is -2.38. The van der Waals surface area contributed by atoms with Gasteiger partial charge in [-0.15, -0.1) is 5.10 Å². The van der Waals surface area contributed by atoms with Gasteiger partial charge in [-0.25, -0.2) is 0 Å². The van der Waals surface area contributed by atoms with Crippen LogP contribution in [0.1, 0.15) is 25.5 Å². The third-order valence-electron chi connectivity index (χ3n) is 4.27. The minimum Gasteiger partial charge on any atom is -0.381 e. The van der Waals surface area contributed by atoms with Crippen LogP contribution in [0.4, 0.5) is 5.82 Å². The molecule has 0 aromatic carbocycles. The molecule has 1 aromatic rings. The van der Waals surface area contributed by atoms with Gasteiger partial charge in [-0.05, 0) is 44.7 Å². The number of hydrogen-bond donors (Lipinski definition) is 0. The van der Waals surface area contributed by atoms with Gasteiger partial charge in [0.2, 0.25) is 0 Å². The molecule has 0 bridgehead atoms. The van der Waals surface area contributed by atoms with Crippen molar-refractivity contribution >= 4 is 5.82 Å². The molecule has 5 heteroatoms. The zero-order valence-electron chi connectivity index (χ0n) is 12.3. The van der Waals surface area contributed by atoms with Gasteiger partial charge in [0.05, 0.1) is 24.4 Å². The summed E-state index contributed by atoms with van der Waals surface area (Å²) in [5.74, 6) is 1.58. The Labute approximate surface area is 120 Å². The summed E-state index contributed by atoms with van der Waals surface area (Å²) in [5, 5.41) is 8.52. The molecule has 1 saturated carbocycles. The standard InChI is InChI=1S/C15H23N3O2/c1-3-19-10-12-8-13-14(9-12)20-7-6-18(13)15-5-4-11(2)16-17-15/h4-5,12-14H,3,6-10H2,1-2H3/t12-,13-,14-/m0/s1. The fourth-order valence-corrected chi connectivity index (χ4v) is 3.30. The van der Waals surface area contributed by atoms with Gasteiger partial charge in [0.15, 0.2) is 5.82 Å². The molecule has 1 aromatic heterocycles. The molecule has 3 atom stereocenters. The Balaban J connectivity index is 1.71. The molecule has 0 radical (unpaired) electrons. The highest BCUT2D eigenvalue weighted by Crippen LogP contribution is 2.36. The first-order valence-electron chi connectivity index (χ1n) is 7.54. The van der Waals surface area contributed by atoms with Crippen LogP contribution in [0.3, 0.4) is 0 Å². The Morgan fingerprint density at radius 1 is 1.35 bits per heavy atom. The van der Waals surface area contributed by atoms with E-state index in [0.29, 0.717) is 18.1 Å². The quantitative estimate of drug-likeness (QED) is 0.840. The lowest BCUT2D eigenvalue weighted by atomic mass is 10.1. The fraction of sp³-hybridized carbons (Fsp3) is 0.733. The molecule has 110 valence electrons. The summed E-state index contributed by atoms with van der Waals surface area (Å²) in [7, 11) is 0. The van der Waals surface area contributed by atoms with Crippen LogP contribution in [0.15, 0.2) is 12.1 Å². The minimum atomic E-state index is 0.317. The van der Waals surface area contributed by atoms with E-state index in [0.717, 1.165) is 50.7 Å². The van der Waals surface area contributed by atoms with E-state index in [2.05, 4.69) is 21.2 Å². The third-order valence-corrected chi connectivity index (χ3v) is 4.27. The van der Waals surface area contributed by atoms with Gasteiger partial charge in [-0.3, -0.25) is 0 Å². The number of aromatic nitrogens is 2. The molecule has 2 aliphatic rings. The molecule has 1 saturated heterocycles. The largest absolute Gasteiger partial charge is 0.381 e. The van der Waals surface area contributed by atoms with Crippen LogP contribution in [-0.4, -0.2) is 48.7 Å². The lowest BCUT2D eigenvalue weighted by Crippen LogP contribution is -2.49. The van der Waals surface area contributed by atoms with Crippen LogP contribution in [-0.2, 0) is 9.47 Å². The maximum Gasteiger partial charge on any atom is 0.151 e. The van der Waals surface area contributed by atoms with E-state index >= 15 is 0 Å². The number of nitrogens with zero attached hydrogens (tertiary/aromatic N) is 3. The fourth-order valence-electron chi connectivity index (χ4n) is 3.30. The van der Waals surface area contributed by atoms with Gasteiger partial charge < -0.3 is 14.4 Å². The highest BCUT2D eigenvalue weighted by atomic mass is 16.5. The molecular weight excluding hydrogens is 254 g/mol. The van der Waals surface area contributed by atoms with Gasteiger partial charge in [0.1, 0.15) is 0 Å². The molecule has 0 N–H and O–H groups in total. The van der Waals surface area contributed by atoms with Gasteiger partial charge >= 0.3 is 0 Å². The predicted octanol–water partition coefficient (Wildman–Crippen LogP) is 1.81. The van der Waals surface area contributed by atoms with Crippen LogP contribution >= 0.6 is 0 Å². The Kier molecular flexibility index (Phi) is 4.17. The first-order valence-corrected chi connectivity index (χ1v) is 7.54. The van der Waals surface area contributed by atoms with E-state index in [4.69, 9.17) is 9.47 Å². The molecule has 20 heavy (non-hydrogen) atoms. The van der Waals surface area contributed by atoms with Crippen molar-refractivity contribution in [1.82, 2.24) is 10.2 Å². The van der Waals surface area contributed by atoms with Crippen LogP contribution in [0.5, 0.6) is 0 Å². The van der Waals surface area contributed by atoms with Crippen molar-refractivity contribution in [3.05, 3.63) is 17.8 Å². The molecule has 2 fully saturated rings. The SMILES string of the molecule is CCOC[C@@H]1C[C@@H]2OCCN(c3ccc(C)nn3)[C@H]2C1. The summed E-state index contributed by atoms with van der Waals surface area (Å²) in [6, 6.07) is 4.52. The first-order chi connectivity index (χ1) is 9.78. The van der Waals surface area contributed by atoms with E-state index in [1.165, 1.54) is 0 Å². The topological polar surface area (TPSA) is 47.5 Å². The van der Waals surface area contributed by atoms with Crippen LogP contribution in [0, 0.1) is 12.8 Å². The third kappa shape index (κ3) is 2.79. The van der Waals surface area contributed by atoms with Gasteiger partial charge in [-0.1, -0.05) is 0 Å². The first kappa shape index (κ1) is 13.8. The number of hydrogen-bond acceptors (Lipinski definition) is 5. The molecule has 0 spiro atoms. The van der Waals surface area contributed by atoms with Crippen molar-refractivity contribution < 1.29 is 9.47 Å². The number of rotatable bonds is 4. The van der Waals surface area contributed by atoms with E-state index in [-0.39, 0.29) is 0 Å². The molecule has 1 aliphatic heterocycles. The molecule has 5 nitrogen and oxygen atoms in total. The maximum atomic E-state index is 5.94. The second-order valence-corrected chi connectivity index (χ2v) is 5.70. The van der Waals surface area contributed by atoms with Crippen LogP contribution in [0.25, 0.3) is 0 Å².